The SMILES string of the molecule is CCNC(=O)c1nnc(-c2cc(C(C)C)c(O)cc2O)n1-c1ccc(C(=O)NC(CC(C)C)C(=O)Nc2ccn([C@@H]3O[C@H](CO)[C@@H](O)C3(F)F)c(=O)n2)cc1. The second-order valence-corrected chi connectivity index (χ2v) is 13.6. The van der Waals surface area contributed by atoms with Crippen LogP contribution in [0.2, 0.25) is 0 Å². The smallest absolute Gasteiger partial charge is 0.351 e. The number of aliphatic hydroxyl groups is 2. The van der Waals surface area contributed by atoms with Crippen LogP contribution in [-0.2, 0) is 9.53 Å². The quantitative estimate of drug-likeness (QED) is 0.104. The Morgan fingerprint density at radius 1 is 1.00 bits per heavy atom. The van der Waals surface area contributed by atoms with Gasteiger partial charge >= 0.3 is 11.6 Å². The van der Waals surface area contributed by atoms with Gasteiger partial charge in [0.15, 0.2) is 11.9 Å². The fraction of sp³-hybridized carbons (Fsp3) is 0.417. The van der Waals surface area contributed by atoms with Crippen LogP contribution in [0.4, 0.5) is 14.6 Å². The number of anilines is 1. The number of alkyl halides is 2. The fourth-order valence-electron chi connectivity index (χ4n) is 6.02. The number of ether oxygens (including phenoxy) is 1. The standard InChI is InChI=1S/C36H42F2N8O9/c1-6-39-33(53)30-44-43-29(22-14-21(18(4)5)24(48)15-25(22)49)46(30)20-9-7-19(8-10-20)31(51)40-23(13-17(2)3)32(52)41-27-11-12-45(35(54)42-27)34-36(37,38)28(50)26(16-47)55-34/h7-12,14-15,17-18,23,26,28,34,47-50H,6,13,16H2,1-5H3,(H,39,53)(H,40,51)(H,41,42,52,54)/t23?,26-,28-,34-/m1/s1. The molecule has 1 fully saturated rings. The maximum absolute atomic E-state index is 14.6. The molecule has 0 radical (unpaired) electrons. The highest BCUT2D eigenvalue weighted by molar-refractivity contribution is 6.01. The molecule has 19 heteroatoms. The first-order valence-corrected chi connectivity index (χ1v) is 17.4. The van der Waals surface area contributed by atoms with Gasteiger partial charge in [0.1, 0.15) is 29.5 Å². The van der Waals surface area contributed by atoms with E-state index in [4.69, 9.17) is 4.74 Å². The first kappa shape index (κ1) is 40.4. The number of phenolic OH excluding ortho intramolecular Hbond substituents is 2. The molecule has 17 nitrogen and oxygen atoms in total. The first-order chi connectivity index (χ1) is 26.0. The van der Waals surface area contributed by atoms with E-state index in [1.54, 1.807) is 13.0 Å². The Morgan fingerprint density at radius 2 is 1.69 bits per heavy atom. The largest absolute Gasteiger partial charge is 0.508 e. The van der Waals surface area contributed by atoms with E-state index in [0.717, 1.165) is 12.3 Å². The van der Waals surface area contributed by atoms with Gasteiger partial charge in [0.25, 0.3) is 11.8 Å². The van der Waals surface area contributed by atoms with E-state index < -0.39 is 60.4 Å². The Bertz CT molecular complexity index is 2120. The molecule has 3 heterocycles. The van der Waals surface area contributed by atoms with E-state index in [-0.39, 0.29) is 64.9 Å². The van der Waals surface area contributed by atoms with Crippen LogP contribution in [0.15, 0.2) is 53.5 Å². The van der Waals surface area contributed by atoms with Gasteiger partial charge in [-0.2, -0.15) is 13.8 Å². The average Bonchev–Trinajstić information content (AvgIpc) is 3.66. The van der Waals surface area contributed by atoms with E-state index >= 15 is 0 Å². The van der Waals surface area contributed by atoms with Gasteiger partial charge in [-0.1, -0.05) is 27.7 Å². The molecule has 5 rings (SSSR count). The molecular formula is C36H42F2N8O9. The summed E-state index contributed by atoms with van der Waals surface area (Å²) >= 11 is 0. The third-order valence-electron chi connectivity index (χ3n) is 8.82. The van der Waals surface area contributed by atoms with Gasteiger partial charge in [-0.3, -0.25) is 23.5 Å². The van der Waals surface area contributed by atoms with Gasteiger partial charge in [0, 0.05) is 30.1 Å². The van der Waals surface area contributed by atoms with Gasteiger partial charge in [-0.15, -0.1) is 10.2 Å². The summed E-state index contributed by atoms with van der Waals surface area (Å²) in [5.74, 6) is -6.85. The Morgan fingerprint density at radius 3 is 2.27 bits per heavy atom. The topological polar surface area (TPSA) is 243 Å². The molecule has 0 saturated carbocycles. The molecule has 0 aliphatic carbocycles. The molecule has 294 valence electrons. The zero-order valence-electron chi connectivity index (χ0n) is 30.5. The number of benzene rings is 2. The molecule has 0 bridgehead atoms. The highest BCUT2D eigenvalue weighted by Gasteiger charge is 2.59. The number of aromatic hydroxyl groups is 2. The van der Waals surface area contributed by atoms with Crippen LogP contribution in [0.25, 0.3) is 17.1 Å². The minimum atomic E-state index is -3.92. The second-order valence-electron chi connectivity index (χ2n) is 13.6. The normalized spacial score (nSPS) is 18.3. The Labute approximate surface area is 313 Å². The number of rotatable bonds is 13. The lowest BCUT2D eigenvalue weighted by molar-refractivity contribution is -0.141. The summed E-state index contributed by atoms with van der Waals surface area (Å²) in [4.78, 5) is 56.2. The number of amides is 3. The molecule has 4 atom stereocenters. The van der Waals surface area contributed by atoms with Crippen molar-refractivity contribution in [1.82, 2.24) is 34.9 Å². The zero-order chi connectivity index (χ0) is 40.4. The second kappa shape index (κ2) is 16.3. The molecule has 0 spiro atoms. The highest BCUT2D eigenvalue weighted by atomic mass is 19.3. The number of aliphatic hydroxyl groups excluding tert-OH is 2. The van der Waals surface area contributed by atoms with Crippen molar-refractivity contribution < 1.29 is 48.3 Å². The monoisotopic (exact) mass is 768 g/mol. The molecule has 2 aromatic heterocycles. The van der Waals surface area contributed by atoms with Gasteiger partial charge < -0.3 is 41.1 Å². The lowest BCUT2D eigenvalue weighted by atomic mass is 9.98. The van der Waals surface area contributed by atoms with Crippen LogP contribution in [-0.4, -0.2) is 99.8 Å². The van der Waals surface area contributed by atoms with Gasteiger partial charge in [0.05, 0.1) is 12.2 Å². The molecule has 1 aliphatic rings. The van der Waals surface area contributed by atoms with Crippen molar-refractivity contribution in [2.75, 3.05) is 18.5 Å². The average molecular weight is 769 g/mol. The predicted octanol–water partition coefficient (Wildman–Crippen LogP) is 2.44. The summed E-state index contributed by atoms with van der Waals surface area (Å²) in [6.45, 7) is 8.45. The molecule has 55 heavy (non-hydrogen) atoms. The summed E-state index contributed by atoms with van der Waals surface area (Å²) in [7, 11) is 0. The van der Waals surface area contributed by atoms with Crippen molar-refractivity contribution in [3.63, 3.8) is 0 Å². The van der Waals surface area contributed by atoms with Crippen LogP contribution in [0.3, 0.4) is 0 Å². The maximum atomic E-state index is 14.6. The molecule has 1 saturated heterocycles. The molecule has 2 aromatic carbocycles. The Kier molecular flexibility index (Phi) is 12.0. The molecule has 4 aromatic rings. The van der Waals surface area contributed by atoms with E-state index in [1.165, 1.54) is 34.9 Å². The third-order valence-corrected chi connectivity index (χ3v) is 8.82. The van der Waals surface area contributed by atoms with Gasteiger partial charge in [-0.25, -0.2) is 4.79 Å². The number of hydrogen-bond acceptors (Lipinski definition) is 12. The molecule has 7 N–H and O–H groups in total. The summed E-state index contributed by atoms with van der Waals surface area (Å²) < 4.78 is 36.0. The van der Waals surface area contributed by atoms with E-state index in [1.807, 2.05) is 27.7 Å². The minimum absolute atomic E-state index is 0.0872. The van der Waals surface area contributed by atoms with Crippen molar-refractivity contribution in [2.24, 2.45) is 5.92 Å². The Balaban J connectivity index is 1.38. The van der Waals surface area contributed by atoms with Gasteiger partial charge in [0.2, 0.25) is 18.0 Å². The minimum Gasteiger partial charge on any atom is -0.508 e. The van der Waals surface area contributed by atoms with Crippen LogP contribution in [0.1, 0.15) is 79.7 Å². The lowest BCUT2D eigenvalue weighted by Crippen LogP contribution is -2.45. The van der Waals surface area contributed by atoms with Gasteiger partial charge in [-0.05, 0) is 67.1 Å². The number of phenols is 2. The highest BCUT2D eigenvalue weighted by Crippen LogP contribution is 2.42. The number of carbonyl (C=O) groups is 3. The summed E-state index contributed by atoms with van der Waals surface area (Å²) in [6, 6.07) is 8.58. The molecule has 1 unspecified atom stereocenters. The zero-order valence-corrected chi connectivity index (χ0v) is 30.5. The number of nitrogens with zero attached hydrogens (tertiary/aromatic N) is 5. The predicted molar refractivity (Wildman–Crippen MR) is 192 cm³/mol. The van der Waals surface area contributed by atoms with Crippen molar-refractivity contribution in [3.8, 4) is 28.6 Å². The van der Waals surface area contributed by atoms with Crippen molar-refractivity contribution in [2.45, 2.75) is 77.4 Å². The number of halogens is 2. The summed E-state index contributed by atoms with van der Waals surface area (Å²) in [6.07, 6.45) is -5.19. The number of nitrogens with one attached hydrogen (secondary N) is 3. The first-order valence-electron chi connectivity index (χ1n) is 17.4. The lowest BCUT2D eigenvalue weighted by Gasteiger charge is -2.22. The van der Waals surface area contributed by atoms with E-state index in [9.17, 15) is 48.4 Å². The van der Waals surface area contributed by atoms with E-state index in [2.05, 4.69) is 31.1 Å². The number of carbonyl (C=O) groups excluding carboxylic acids is 3. The molecule has 1 aliphatic heterocycles. The molecule has 3 amide bonds. The van der Waals surface area contributed by atoms with Crippen LogP contribution in [0.5, 0.6) is 11.5 Å². The number of hydrogen-bond donors (Lipinski definition) is 7. The third kappa shape index (κ3) is 8.32. The number of aromatic nitrogens is 5. The van der Waals surface area contributed by atoms with Crippen molar-refractivity contribution in [3.05, 3.63) is 76.1 Å². The van der Waals surface area contributed by atoms with Crippen molar-refractivity contribution >= 4 is 23.5 Å². The van der Waals surface area contributed by atoms with E-state index in [0.29, 0.717) is 15.8 Å². The Hall–Kier alpha value is -5.79. The maximum Gasteiger partial charge on any atom is 0.351 e. The fourth-order valence-corrected chi connectivity index (χ4v) is 6.02. The van der Waals surface area contributed by atoms with Crippen LogP contribution in [0, 0.1) is 5.92 Å². The van der Waals surface area contributed by atoms with Crippen LogP contribution >= 0.6 is 0 Å². The summed E-state index contributed by atoms with van der Waals surface area (Å²) in [5, 5.41) is 56.2. The molecular weight excluding hydrogens is 726 g/mol. The van der Waals surface area contributed by atoms with Crippen LogP contribution < -0.4 is 21.6 Å². The summed E-state index contributed by atoms with van der Waals surface area (Å²) in [5.41, 5.74) is -0.0495. The van der Waals surface area contributed by atoms with Crippen molar-refractivity contribution in [1.29, 1.82) is 0 Å².